The smallest absolute Gasteiger partial charge is 0.225 e. The highest BCUT2D eigenvalue weighted by atomic mass is 35.5. The van der Waals surface area contributed by atoms with Crippen LogP contribution in [0, 0.1) is 17.8 Å². The number of alkyl halides is 1. The van der Waals surface area contributed by atoms with Gasteiger partial charge in [-0.2, -0.15) is 0 Å². The van der Waals surface area contributed by atoms with Gasteiger partial charge in [-0.05, 0) is 38.0 Å². The summed E-state index contributed by atoms with van der Waals surface area (Å²) < 4.78 is 0. The topological polar surface area (TPSA) is 20.3 Å². The van der Waals surface area contributed by atoms with E-state index in [1.54, 1.807) is 0 Å². The van der Waals surface area contributed by atoms with E-state index in [0.29, 0.717) is 11.8 Å². The van der Waals surface area contributed by atoms with Crippen LogP contribution in [0.2, 0.25) is 0 Å². The molecule has 2 rings (SSSR count). The Bertz CT molecular complexity index is 294. The molecule has 2 aliphatic rings. The van der Waals surface area contributed by atoms with Crippen LogP contribution in [0.3, 0.4) is 0 Å². The van der Waals surface area contributed by atoms with Crippen molar-refractivity contribution in [1.82, 2.24) is 4.90 Å². The molecule has 0 aromatic heterocycles. The van der Waals surface area contributed by atoms with Crippen LogP contribution in [-0.2, 0) is 4.79 Å². The molecule has 0 saturated heterocycles. The van der Waals surface area contributed by atoms with Gasteiger partial charge < -0.3 is 4.90 Å². The minimum absolute atomic E-state index is 0.156. The third-order valence-corrected chi connectivity index (χ3v) is 5.57. The minimum Gasteiger partial charge on any atom is -0.342 e. The molecule has 0 aromatic rings. The van der Waals surface area contributed by atoms with Crippen LogP contribution >= 0.6 is 11.6 Å². The number of hydrogen-bond donors (Lipinski definition) is 0. The monoisotopic (exact) mass is 271 g/mol. The lowest BCUT2D eigenvalue weighted by Crippen LogP contribution is -2.42. The summed E-state index contributed by atoms with van der Waals surface area (Å²) in [4.78, 5) is 14.3. The minimum atomic E-state index is 0.156. The maximum absolute atomic E-state index is 12.4. The largest absolute Gasteiger partial charge is 0.342 e. The summed E-state index contributed by atoms with van der Waals surface area (Å²) in [6.45, 7) is 2.02. The maximum atomic E-state index is 12.4. The van der Waals surface area contributed by atoms with Crippen LogP contribution in [0.4, 0.5) is 0 Å². The first-order valence-electron chi connectivity index (χ1n) is 7.46. The molecule has 2 aliphatic carbocycles. The Balaban J connectivity index is 1.92. The zero-order chi connectivity index (χ0) is 13.1. The van der Waals surface area contributed by atoms with Gasteiger partial charge in [0, 0.05) is 24.9 Å². The lowest BCUT2D eigenvalue weighted by Gasteiger charge is -2.40. The van der Waals surface area contributed by atoms with E-state index in [0.717, 1.165) is 24.7 Å². The third-order valence-electron chi connectivity index (χ3n) is 5.12. The van der Waals surface area contributed by atoms with E-state index in [9.17, 15) is 4.79 Å². The Hall–Kier alpha value is -0.240. The van der Waals surface area contributed by atoms with Crippen LogP contribution in [0.5, 0.6) is 0 Å². The van der Waals surface area contributed by atoms with E-state index in [4.69, 9.17) is 11.6 Å². The molecule has 2 saturated carbocycles. The average Bonchev–Trinajstić information content (AvgIpc) is 2.44. The highest BCUT2D eigenvalue weighted by Gasteiger charge is 2.36. The molecule has 0 aromatic carbocycles. The van der Waals surface area contributed by atoms with Crippen molar-refractivity contribution in [3.63, 3.8) is 0 Å². The van der Waals surface area contributed by atoms with E-state index in [1.165, 1.54) is 32.1 Å². The van der Waals surface area contributed by atoms with E-state index >= 15 is 0 Å². The summed E-state index contributed by atoms with van der Waals surface area (Å²) in [5.41, 5.74) is 0. The number of amides is 1. The van der Waals surface area contributed by atoms with Crippen molar-refractivity contribution >= 4 is 17.5 Å². The highest BCUT2D eigenvalue weighted by molar-refractivity contribution is 6.18. The van der Waals surface area contributed by atoms with Gasteiger partial charge in [-0.3, -0.25) is 4.79 Å². The molecule has 0 radical (unpaired) electrons. The summed E-state index contributed by atoms with van der Waals surface area (Å²) in [5.74, 6) is 2.85. The van der Waals surface area contributed by atoms with Crippen molar-refractivity contribution in [2.24, 2.45) is 17.8 Å². The molecule has 0 spiro atoms. The molecule has 104 valence electrons. The van der Waals surface area contributed by atoms with Gasteiger partial charge >= 0.3 is 0 Å². The number of rotatable bonds is 3. The summed E-state index contributed by atoms with van der Waals surface area (Å²) >= 11 is 5.85. The van der Waals surface area contributed by atoms with Gasteiger partial charge in [0.1, 0.15) is 0 Å². The zero-order valence-corrected chi connectivity index (χ0v) is 12.5. The molecule has 2 fully saturated rings. The van der Waals surface area contributed by atoms with Gasteiger partial charge in [0.15, 0.2) is 0 Å². The van der Waals surface area contributed by atoms with Crippen LogP contribution < -0.4 is 0 Å². The number of hydrogen-bond acceptors (Lipinski definition) is 1. The first-order chi connectivity index (χ1) is 8.63. The first kappa shape index (κ1) is 14.2. The quantitative estimate of drug-likeness (QED) is 0.717. The van der Waals surface area contributed by atoms with Crippen LogP contribution in [0.1, 0.15) is 51.9 Å². The normalized spacial score (nSPS) is 33.6. The lowest BCUT2D eigenvalue weighted by molar-refractivity contribution is -0.138. The zero-order valence-electron chi connectivity index (χ0n) is 11.7. The fraction of sp³-hybridized carbons (Fsp3) is 0.933. The molecule has 1 amide bonds. The van der Waals surface area contributed by atoms with E-state index in [2.05, 4.69) is 0 Å². The van der Waals surface area contributed by atoms with Crippen molar-refractivity contribution < 1.29 is 4.79 Å². The Morgan fingerprint density at radius 1 is 1.22 bits per heavy atom. The van der Waals surface area contributed by atoms with Gasteiger partial charge in [0.05, 0.1) is 0 Å². The molecule has 18 heavy (non-hydrogen) atoms. The fourth-order valence-electron chi connectivity index (χ4n) is 3.71. The summed E-state index contributed by atoms with van der Waals surface area (Å²) in [6.07, 6.45) is 9.02. The standard InChI is InChI=1S/C15H26ClNO/c1-11(10-16)17(2)15(18)14-8-7-12-5-3-4-6-13(12)9-14/h11-14H,3-10H2,1-2H3. The molecule has 3 heteroatoms. The second kappa shape index (κ2) is 6.27. The maximum Gasteiger partial charge on any atom is 0.225 e. The number of carbonyl (C=O) groups excluding carboxylic acids is 1. The molecule has 0 aliphatic heterocycles. The summed E-state index contributed by atoms with van der Waals surface area (Å²) in [6, 6.07) is 0.156. The molecule has 0 bridgehead atoms. The predicted molar refractivity (Wildman–Crippen MR) is 75.7 cm³/mol. The molecule has 4 unspecified atom stereocenters. The van der Waals surface area contributed by atoms with Gasteiger partial charge in [0.25, 0.3) is 0 Å². The Kier molecular flexibility index (Phi) is 4.94. The number of nitrogens with zero attached hydrogens (tertiary/aromatic N) is 1. The van der Waals surface area contributed by atoms with Crippen molar-refractivity contribution in [2.75, 3.05) is 12.9 Å². The van der Waals surface area contributed by atoms with Gasteiger partial charge in [-0.15, -0.1) is 11.6 Å². The Morgan fingerprint density at radius 3 is 2.56 bits per heavy atom. The summed E-state index contributed by atoms with van der Waals surface area (Å²) in [7, 11) is 1.91. The fourth-order valence-corrected chi connectivity index (χ4v) is 3.91. The molecular weight excluding hydrogens is 246 g/mol. The van der Waals surface area contributed by atoms with E-state index < -0.39 is 0 Å². The number of halogens is 1. The van der Waals surface area contributed by atoms with Crippen molar-refractivity contribution in [2.45, 2.75) is 57.9 Å². The first-order valence-corrected chi connectivity index (χ1v) is 7.99. The molecule has 2 nitrogen and oxygen atoms in total. The number of carbonyl (C=O) groups is 1. The molecule has 0 N–H and O–H groups in total. The lowest BCUT2D eigenvalue weighted by atomic mass is 9.67. The van der Waals surface area contributed by atoms with Crippen molar-refractivity contribution in [1.29, 1.82) is 0 Å². The van der Waals surface area contributed by atoms with Crippen LogP contribution in [-0.4, -0.2) is 29.8 Å². The second-order valence-electron chi connectivity index (χ2n) is 6.27. The van der Waals surface area contributed by atoms with Crippen LogP contribution in [0.15, 0.2) is 0 Å². The number of fused-ring (bicyclic) bond motifs is 1. The molecule has 4 atom stereocenters. The van der Waals surface area contributed by atoms with E-state index in [1.807, 2.05) is 18.9 Å². The van der Waals surface area contributed by atoms with Gasteiger partial charge in [-0.1, -0.05) is 25.7 Å². The van der Waals surface area contributed by atoms with Crippen molar-refractivity contribution in [3.05, 3.63) is 0 Å². The van der Waals surface area contributed by atoms with E-state index in [-0.39, 0.29) is 12.0 Å². The third kappa shape index (κ3) is 3.01. The Labute approximate surface area is 116 Å². The summed E-state index contributed by atoms with van der Waals surface area (Å²) in [5, 5.41) is 0. The van der Waals surface area contributed by atoms with Crippen molar-refractivity contribution in [3.8, 4) is 0 Å². The van der Waals surface area contributed by atoms with Crippen LogP contribution in [0.25, 0.3) is 0 Å². The average molecular weight is 272 g/mol. The molecular formula is C15H26ClNO. The van der Waals surface area contributed by atoms with Gasteiger partial charge in [0.2, 0.25) is 5.91 Å². The predicted octanol–water partition coefficient (Wildman–Crippen LogP) is 3.68. The molecule has 0 heterocycles. The Morgan fingerprint density at radius 2 is 1.89 bits per heavy atom. The second-order valence-corrected chi connectivity index (χ2v) is 6.58. The van der Waals surface area contributed by atoms with Gasteiger partial charge in [-0.25, -0.2) is 0 Å². The highest BCUT2D eigenvalue weighted by Crippen LogP contribution is 2.43. The SMILES string of the molecule is CC(CCl)N(C)C(=O)C1CCC2CCCCC2C1.